The van der Waals surface area contributed by atoms with Crippen LogP contribution in [0.2, 0.25) is 0 Å². The maximum Gasteiger partial charge on any atom is 0.330 e. The number of hydrogen-bond acceptors (Lipinski definition) is 3. The number of pyridine rings is 1. The number of aromatic nitrogens is 3. The Hall–Kier alpha value is -0.932. The van der Waals surface area contributed by atoms with Crippen LogP contribution in [0.5, 0.6) is 0 Å². The summed E-state index contributed by atoms with van der Waals surface area (Å²) in [6.45, 7) is 15.8. The van der Waals surface area contributed by atoms with E-state index in [-0.39, 0.29) is 40.2 Å². The first-order chi connectivity index (χ1) is 10.8. The number of imidazole rings is 1. The van der Waals surface area contributed by atoms with Crippen molar-refractivity contribution in [2.45, 2.75) is 54.1 Å². The van der Waals surface area contributed by atoms with Gasteiger partial charge in [0, 0.05) is 46.9 Å². The molecule has 6 heteroatoms. The van der Waals surface area contributed by atoms with E-state index < -0.39 is 0 Å². The number of aryl methyl sites for hydroxylation is 1. The predicted octanol–water partition coefficient (Wildman–Crippen LogP) is 3.59. The Balaban J connectivity index is 0. The third-order valence-electron chi connectivity index (χ3n) is 3.79. The van der Waals surface area contributed by atoms with E-state index in [1.165, 1.54) is 0 Å². The van der Waals surface area contributed by atoms with Gasteiger partial charge in [0.15, 0.2) is 5.65 Å². The first kappa shape index (κ1) is 25.3. The van der Waals surface area contributed by atoms with E-state index in [0.717, 1.165) is 30.8 Å². The van der Waals surface area contributed by atoms with Gasteiger partial charge in [-0.3, -0.25) is 14.0 Å². The van der Waals surface area contributed by atoms with E-state index in [1.54, 1.807) is 10.8 Å². The van der Waals surface area contributed by atoms with Gasteiger partial charge in [0.1, 0.15) is 0 Å². The molecule has 1 fully saturated rings. The van der Waals surface area contributed by atoms with Crippen LogP contribution >= 0.6 is 0 Å². The molecule has 0 unspecified atom stereocenters. The van der Waals surface area contributed by atoms with Crippen molar-refractivity contribution in [1.82, 2.24) is 19.0 Å². The fourth-order valence-electron chi connectivity index (χ4n) is 2.71. The Bertz CT molecular complexity index is 629. The van der Waals surface area contributed by atoms with Crippen molar-refractivity contribution in [2.24, 2.45) is 0 Å². The number of fused-ring (bicyclic) bond motifs is 1. The maximum atomic E-state index is 12.4. The van der Waals surface area contributed by atoms with Crippen LogP contribution in [-0.4, -0.2) is 38.7 Å². The van der Waals surface area contributed by atoms with Gasteiger partial charge in [0.05, 0.1) is 11.6 Å². The van der Waals surface area contributed by atoms with Crippen molar-refractivity contribution in [1.29, 1.82) is 0 Å². The van der Waals surface area contributed by atoms with Gasteiger partial charge in [-0.2, -0.15) is 0 Å². The molecule has 0 bridgehead atoms. The molecule has 0 radical (unpaired) electrons. The summed E-state index contributed by atoms with van der Waals surface area (Å²) in [4.78, 5) is 19.1. The third-order valence-corrected chi connectivity index (χ3v) is 3.79. The number of likely N-dealkylation sites (tertiary alicyclic amines) is 1. The minimum absolute atomic E-state index is 0. The summed E-state index contributed by atoms with van der Waals surface area (Å²) in [6.07, 6.45) is 1.76. The molecule has 0 aliphatic carbocycles. The Kier molecular flexibility index (Phi) is 13.1. The molecule has 1 saturated heterocycles. The van der Waals surface area contributed by atoms with Crippen molar-refractivity contribution in [3.8, 4) is 0 Å². The van der Waals surface area contributed by atoms with Crippen molar-refractivity contribution in [2.75, 3.05) is 19.6 Å². The molecule has 0 atom stereocenters. The number of likely N-dealkylation sites (N-methyl/N-ethyl adjacent to an activating group) is 1. The van der Waals surface area contributed by atoms with Crippen molar-refractivity contribution in [3.05, 3.63) is 36.2 Å². The van der Waals surface area contributed by atoms with Crippen molar-refractivity contribution >= 4 is 11.2 Å². The molecule has 3 heterocycles. The van der Waals surface area contributed by atoms with Crippen LogP contribution in [0.1, 0.15) is 47.6 Å². The topological polar surface area (TPSA) is 43.1 Å². The van der Waals surface area contributed by atoms with Crippen LogP contribution in [0.15, 0.2) is 23.1 Å². The summed E-state index contributed by atoms with van der Waals surface area (Å²) in [7, 11) is 0. The van der Waals surface area contributed by atoms with Crippen LogP contribution in [0, 0.1) is 7.43 Å². The van der Waals surface area contributed by atoms with Gasteiger partial charge < -0.3 is 7.43 Å². The Morgan fingerprint density at radius 3 is 2.21 bits per heavy atom. The number of rotatable bonds is 3. The van der Waals surface area contributed by atoms with Gasteiger partial charge in [0.25, 0.3) is 0 Å². The minimum Gasteiger partial charge on any atom is -0.358 e. The monoisotopic (exact) mass is 505 g/mol. The molecular weight excluding hydrogens is 472 g/mol. The number of nitrogens with zero attached hydrogens (tertiary/aromatic N) is 4. The van der Waals surface area contributed by atoms with Gasteiger partial charge in [0.2, 0.25) is 0 Å². The van der Waals surface area contributed by atoms with E-state index in [4.69, 9.17) is 0 Å². The van der Waals surface area contributed by atoms with Crippen molar-refractivity contribution in [3.63, 3.8) is 0 Å². The fraction of sp³-hybridized carbons (Fsp3) is 0.611. The van der Waals surface area contributed by atoms with Crippen LogP contribution < -0.4 is 5.69 Å². The van der Waals surface area contributed by atoms with Gasteiger partial charge in [-0.05, 0) is 25.6 Å². The van der Waals surface area contributed by atoms with Gasteiger partial charge in [-0.15, -0.1) is 0 Å². The SMILES string of the molecule is CC.CC.CCN1CC(n2c(=O)n(CC)c3cccnc32)C1.[CH3-].[W]. The minimum atomic E-state index is 0. The molecule has 1 aliphatic heterocycles. The van der Waals surface area contributed by atoms with E-state index in [9.17, 15) is 4.79 Å². The molecule has 1 aliphatic rings. The molecular formula is C18H33N4OW-. The molecule has 0 N–H and O–H groups in total. The molecule has 0 saturated carbocycles. The van der Waals surface area contributed by atoms with Gasteiger partial charge in [-0.1, -0.05) is 34.6 Å². The summed E-state index contributed by atoms with van der Waals surface area (Å²) in [5, 5.41) is 0. The zero-order valence-corrected chi connectivity index (χ0v) is 19.2. The second-order valence-electron chi connectivity index (χ2n) is 4.75. The van der Waals surface area contributed by atoms with Crippen LogP contribution in [0.4, 0.5) is 0 Å². The molecule has 3 rings (SSSR count). The summed E-state index contributed by atoms with van der Waals surface area (Å²) >= 11 is 0. The zero-order chi connectivity index (χ0) is 16.7. The Morgan fingerprint density at radius 2 is 1.71 bits per heavy atom. The van der Waals surface area contributed by atoms with Crippen LogP contribution in [0.25, 0.3) is 11.2 Å². The molecule has 0 spiro atoms. The van der Waals surface area contributed by atoms with Crippen LogP contribution in [0.3, 0.4) is 0 Å². The molecule has 2 aromatic rings. The summed E-state index contributed by atoms with van der Waals surface area (Å²) in [5.41, 5.74) is 1.84. The first-order valence-corrected chi connectivity index (χ1v) is 8.54. The van der Waals surface area contributed by atoms with E-state index in [1.807, 2.05) is 51.3 Å². The normalized spacial score (nSPS) is 13.4. The average molecular weight is 505 g/mol. The zero-order valence-electron chi connectivity index (χ0n) is 16.2. The van der Waals surface area contributed by atoms with Gasteiger partial charge >= 0.3 is 5.69 Å². The third kappa shape index (κ3) is 4.79. The number of hydrogen-bond donors (Lipinski definition) is 0. The summed E-state index contributed by atoms with van der Waals surface area (Å²) in [6, 6.07) is 4.14. The average Bonchev–Trinajstić information content (AvgIpc) is 2.82. The van der Waals surface area contributed by atoms with Crippen molar-refractivity contribution < 1.29 is 21.1 Å². The second kappa shape index (κ2) is 12.4. The summed E-state index contributed by atoms with van der Waals surface area (Å²) in [5.74, 6) is 0. The van der Waals surface area contributed by atoms with Gasteiger partial charge in [-0.25, -0.2) is 9.78 Å². The molecule has 2 aromatic heterocycles. The molecule has 138 valence electrons. The fourth-order valence-corrected chi connectivity index (χ4v) is 2.71. The molecule has 0 aromatic carbocycles. The second-order valence-corrected chi connectivity index (χ2v) is 4.75. The molecule has 24 heavy (non-hydrogen) atoms. The van der Waals surface area contributed by atoms with Crippen LogP contribution in [-0.2, 0) is 27.6 Å². The quantitative estimate of drug-likeness (QED) is 0.600. The first-order valence-electron chi connectivity index (χ1n) is 8.54. The Labute approximate surface area is 161 Å². The molecule has 0 amide bonds. The standard InChI is InChI=1S/C13H18N4O.2C2H6.CH3.W/c1-3-15-8-10(9-15)17-12-11(6-5-7-14-12)16(4-2)13(17)18;2*1-2;;/h5-7,10H,3-4,8-9H2,1-2H3;2*1-2H3;1H3;/q;;;-1;. The smallest absolute Gasteiger partial charge is 0.330 e. The van der Waals surface area contributed by atoms with E-state index in [0.29, 0.717) is 6.54 Å². The predicted molar refractivity (Wildman–Crippen MR) is 99.9 cm³/mol. The van der Waals surface area contributed by atoms with E-state index >= 15 is 0 Å². The maximum absolute atomic E-state index is 12.4. The largest absolute Gasteiger partial charge is 0.358 e. The van der Waals surface area contributed by atoms with E-state index in [2.05, 4.69) is 16.8 Å². The Morgan fingerprint density at radius 1 is 1.12 bits per heavy atom. The summed E-state index contributed by atoms with van der Waals surface area (Å²) < 4.78 is 3.67. The molecule has 5 nitrogen and oxygen atoms in total.